The van der Waals surface area contributed by atoms with E-state index in [4.69, 9.17) is 9.47 Å². The summed E-state index contributed by atoms with van der Waals surface area (Å²) in [7, 11) is 0. The van der Waals surface area contributed by atoms with Crippen molar-refractivity contribution in [1.82, 2.24) is 9.97 Å². The van der Waals surface area contributed by atoms with Crippen molar-refractivity contribution in [3.05, 3.63) is 28.2 Å². The Labute approximate surface area is 135 Å². The van der Waals surface area contributed by atoms with Gasteiger partial charge in [-0.05, 0) is 6.92 Å². The Kier molecular flexibility index (Phi) is 3.59. The maximum atomic E-state index is 5.73. The quantitative estimate of drug-likeness (QED) is 0.789. The van der Waals surface area contributed by atoms with Crippen LogP contribution >= 0.6 is 22.7 Å². The maximum Gasteiger partial charge on any atom is 0.184 e. The van der Waals surface area contributed by atoms with Gasteiger partial charge in [0.1, 0.15) is 0 Å². The van der Waals surface area contributed by atoms with Gasteiger partial charge in [0.15, 0.2) is 16.6 Å². The summed E-state index contributed by atoms with van der Waals surface area (Å²) in [5.74, 6) is 1.61. The summed E-state index contributed by atoms with van der Waals surface area (Å²) in [6, 6.07) is 3.99. The molecule has 7 heteroatoms. The third-order valence-electron chi connectivity index (χ3n) is 3.50. The average molecular weight is 333 g/mol. The summed E-state index contributed by atoms with van der Waals surface area (Å²) in [6.07, 6.45) is 0.913. The number of benzene rings is 1. The van der Waals surface area contributed by atoms with E-state index >= 15 is 0 Å². The molecule has 1 aromatic carbocycles. The van der Waals surface area contributed by atoms with Gasteiger partial charge in [0.25, 0.3) is 0 Å². The molecule has 2 aromatic heterocycles. The van der Waals surface area contributed by atoms with Gasteiger partial charge in [0.05, 0.1) is 41.2 Å². The van der Waals surface area contributed by atoms with E-state index in [1.807, 2.05) is 24.6 Å². The van der Waals surface area contributed by atoms with Crippen molar-refractivity contribution in [2.75, 3.05) is 18.5 Å². The minimum Gasteiger partial charge on any atom is -0.490 e. The van der Waals surface area contributed by atoms with Crippen molar-refractivity contribution in [1.29, 1.82) is 0 Å². The van der Waals surface area contributed by atoms with Gasteiger partial charge in [0.2, 0.25) is 0 Å². The van der Waals surface area contributed by atoms with Crippen LogP contribution in [-0.2, 0) is 6.54 Å². The number of thiazole rings is 2. The standard InChI is InChI=1S/C15H15N3O2S2/c1-9-14(21-8-17-9)7-16-15-18-10-5-11-12(6-13(10)22-15)20-4-2-3-19-11/h5-6,8H,2-4,7H2,1H3,(H,16,18). The van der Waals surface area contributed by atoms with E-state index in [1.165, 1.54) is 4.88 Å². The lowest BCUT2D eigenvalue weighted by Crippen LogP contribution is -1.98. The second-order valence-electron chi connectivity index (χ2n) is 5.05. The molecule has 0 bridgehead atoms. The first kappa shape index (κ1) is 13.8. The summed E-state index contributed by atoms with van der Waals surface area (Å²) in [4.78, 5) is 10.1. The Balaban J connectivity index is 1.59. The number of anilines is 1. The van der Waals surface area contributed by atoms with E-state index in [0.717, 1.165) is 45.5 Å². The van der Waals surface area contributed by atoms with Crippen LogP contribution in [0, 0.1) is 6.92 Å². The number of ether oxygens (including phenoxy) is 2. The van der Waals surface area contributed by atoms with Crippen molar-refractivity contribution in [2.24, 2.45) is 0 Å². The van der Waals surface area contributed by atoms with E-state index < -0.39 is 0 Å². The molecule has 3 heterocycles. The molecule has 1 aliphatic heterocycles. The molecule has 114 valence electrons. The van der Waals surface area contributed by atoms with Crippen LogP contribution in [0.4, 0.5) is 5.13 Å². The van der Waals surface area contributed by atoms with Crippen molar-refractivity contribution < 1.29 is 9.47 Å². The normalized spacial score (nSPS) is 14.0. The smallest absolute Gasteiger partial charge is 0.184 e. The summed E-state index contributed by atoms with van der Waals surface area (Å²) in [6.45, 7) is 4.17. The van der Waals surface area contributed by atoms with Gasteiger partial charge in [-0.1, -0.05) is 11.3 Å². The first-order valence-corrected chi connectivity index (χ1v) is 8.82. The summed E-state index contributed by atoms with van der Waals surface area (Å²) in [5, 5.41) is 4.28. The third-order valence-corrected chi connectivity index (χ3v) is 5.41. The van der Waals surface area contributed by atoms with Crippen molar-refractivity contribution in [3.63, 3.8) is 0 Å². The molecule has 0 aliphatic carbocycles. The number of nitrogens with one attached hydrogen (secondary N) is 1. The molecular formula is C15H15N3O2S2. The molecule has 22 heavy (non-hydrogen) atoms. The number of nitrogens with zero attached hydrogens (tertiary/aromatic N) is 2. The molecular weight excluding hydrogens is 318 g/mol. The lowest BCUT2D eigenvalue weighted by molar-refractivity contribution is 0.297. The number of hydrogen-bond donors (Lipinski definition) is 1. The van der Waals surface area contributed by atoms with Crippen LogP contribution in [0.15, 0.2) is 17.6 Å². The van der Waals surface area contributed by atoms with Crippen LogP contribution in [0.25, 0.3) is 10.2 Å². The molecule has 1 aliphatic rings. The van der Waals surface area contributed by atoms with Crippen LogP contribution in [0.3, 0.4) is 0 Å². The molecule has 0 amide bonds. The fourth-order valence-electron chi connectivity index (χ4n) is 2.31. The van der Waals surface area contributed by atoms with E-state index in [2.05, 4.69) is 15.3 Å². The Morgan fingerprint density at radius 2 is 2.05 bits per heavy atom. The van der Waals surface area contributed by atoms with Gasteiger partial charge in [-0.15, -0.1) is 11.3 Å². The maximum absolute atomic E-state index is 5.73. The fraction of sp³-hybridized carbons (Fsp3) is 0.333. The number of hydrogen-bond acceptors (Lipinski definition) is 7. The monoisotopic (exact) mass is 333 g/mol. The van der Waals surface area contributed by atoms with Gasteiger partial charge in [0, 0.05) is 23.4 Å². The van der Waals surface area contributed by atoms with Crippen LogP contribution in [0.5, 0.6) is 11.5 Å². The SMILES string of the molecule is Cc1ncsc1CNc1nc2cc3c(cc2s1)OCCCO3. The molecule has 3 aromatic rings. The Morgan fingerprint density at radius 1 is 1.23 bits per heavy atom. The number of rotatable bonds is 3. The fourth-order valence-corrected chi connectivity index (χ4v) is 3.90. The highest BCUT2D eigenvalue weighted by molar-refractivity contribution is 7.22. The lowest BCUT2D eigenvalue weighted by Gasteiger charge is -2.05. The van der Waals surface area contributed by atoms with Crippen molar-refractivity contribution in [3.8, 4) is 11.5 Å². The van der Waals surface area contributed by atoms with E-state index in [0.29, 0.717) is 13.2 Å². The number of aryl methyl sites for hydroxylation is 1. The van der Waals surface area contributed by atoms with E-state index in [1.54, 1.807) is 22.7 Å². The highest BCUT2D eigenvalue weighted by atomic mass is 32.1. The van der Waals surface area contributed by atoms with E-state index in [-0.39, 0.29) is 0 Å². The summed E-state index contributed by atoms with van der Waals surface area (Å²) >= 11 is 3.29. The predicted molar refractivity (Wildman–Crippen MR) is 89.4 cm³/mol. The highest BCUT2D eigenvalue weighted by Crippen LogP contribution is 2.37. The molecule has 0 saturated heterocycles. The number of aromatic nitrogens is 2. The zero-order valence-electron chi connectivity index (χ0n) is 12.1. The Hall–Kier alpha value is -1.86. The van der Waals surface area contributed by atoms with E-state index in [9.17, 15) is 0 Å². The number of fused-ring (bicyclic) bond motifs is 2. The highest BCUT2D eigenvalue weighted by Gasteiger charge is 2.14. The van der Waals surface area contributed by atoms with Crippen LogP contribution in [-0.4, -0.2) is 23.2 Å². The van der Waals surface area contributed by atoms with Gasteiger partial charge >= 0.3 is 0 Å². The van der Waals surface area contributed by atoms with Crippen LogP contribution < -0.4 is 14.8 Å². The molecule has 0 spiro atoms. The van der Waals surface area contributed by atoms with Gasteiger partial charge < -0.3 is 14.8 Å². The van der Waals surface area contributed by atoms with Crippen molar-refractivity contribution >= 4 is 38.0 Å². The Bertz CT molecular complexity index is 769. The third kappa shape index (κ3) is 2.62. The molecule has 0 fully saturated rings. The van der Waals surface area contributed by atoms with Gasteiger partial charge in [-0.25, -0.2) is 9.97 Å². The second-order valence-corrected chi connectivity index (χ2v) is 7.02. The second kappa shape index (κ2) is 5.73. The van der Waals surface area contributed by atoms with Crippen molar-refractivity contribution in [2.45, 2.75) is 19.9 Å². The molecule has 0 atom stereocenters. The minimum atomic E-state index is 0.693. The topological polar surface area (TPSA) is 56.3 Å². The van der Waals surface area contributed by atoms with Gasteiger partial charge in [-0.3, -0.25) is 0 Å². The summed E-state index contributed by atoms with van der Waals surface area (Å²) < 4.78 is 12.5. The Morgan fingerprint density at radius 3 is 2.82 bits per heavy atom. The van der Waals surface area contributed by atoms with Gasteiger partial charge in [-0.2, -0.15) is 0 Å². The molecule has 5 nitrogen and oxygen atoms in total. The molecule has 0 saturated carbocycles. The van der Waals surface area contributed by atoms with Crippen LogP contribution in [0.1, 0.15) is 17.0 Å². The first-order chi connectivity index (χ1) is 10.8. The molecule has 0 radical (unpaired) electrons. The minimum absolute atomic E-state index is 0.693. The summed E-state index contributed by atoms with van der Waals surface area (Å²) in [5.41, 5.74) is 3.89. The molecule has 1 N–H and O–H groups in total. The largest absolute Gasteiger partial charge is 0.490 e. The predicted octanol–water partition coefficient (Wildman–Crippen LogP) is 3.83. The molecule has 0 unspecified atom stereocenters. The van der Waals surface area contributed by atoms with Crippen LogP contribution in [0.2, 0.25) is 0 Å². The zero-order valence-corrected chi connectivity index (χ0v) is 13.7. The lowest BCUT2D eigenvalue weighted by atomic mass is 10.3. The molecule has 4 rings (SSSR count). The zero-order chi connectivity index (χ0) is 14.9. The first-order valence-electron chi connectivity index (χ1n) is 7.12. The average Bonchev–Trinajstić information content (AvgIpc) is 3.02.